The number of nitro groups is 2. The molecule has 0 spiro atoms. The lowest BCUT2D eigenvalue weighted by atomic mass is 10.0. The number of aliphatic carboxylic acids is 1. The summed E-state index contributed by atoms with van der Waals surface area (Å²) < 4.78 is 0. The van der Waals surface area contributed by atoms with E-state index in [1.54, 1.807) is 54.6 Å². The van der Waals surface area contributed by atoms with Crippen LogP contribution >= 0.6 is 0 Å². The van der Waals surface area contributed by atoms with Crippen molar-refractivity contribution in [3.8, 4) is 18.2 Å². The number of benzene rings is 7. The van der Waals surface area contributed by atoms with Gasteiger partial charge in [-0.1, -0.05) is 109 Å². The molecule has 1 N–H and O–H groups in total. The van der Waals surface area contributed by atoms with Crippen molar-refractivity contribution in [2.45, 2.75) is 0 Å². The number of nitriles is 3. The van der Waals surface area contributed by atoms with Crippen molar-refractivity contribution < 1.29 is 19.7 Å². The van der Waals surface area contributed by atoms with Crippen molar-refractivity contribution in [1.82, 2.24) is 0 Å². The summed E-state index contributed by atoms with van der Waals surface area (Å²) in [5.41, 5.74) is 9.92. The van der Waals surface area contributed by atoms with Gasteiger partial charge in [-0.2, -0.15) is 15.8 Å². The van der Waals surface area contributed by atoms with Crippen molar-refractivity contribution in [2.75, 3.05) is 4.90 Å². The van der Waals surface area contributed by atoms with Crippen molar-refractivity contribution >= 4 is 88.1 Å². The van der Waals surface area contributed by atoms with Crippen molar-refractivity contribution in [3.05, 3.63) is 246 Å². The van der Waals surface area contributed by atoms with Crippen LogP contribution in [0.5, 0.6) is 0 Å². The molecule has 326 valence electrons. The third-order valence-corrected chi connectivity index (χ3v) is 10.6. The Balaban J connectivity index is 1.08. The molecule has 0 bridgehead atoms. The van der Waals surface area contributed by atoms with Gasteiger partial charge in [-0.25, -0.2) is 4.79 Å². The Hall–Kier alpha value is -10.2. The van der Waals surface area contributed by atoms with E-state index in [0.29, 0.717) is 27.8 Å². The lowest BCUT2D eigenvalue weighted by Gasteiger charge is -2.26. The monoisotopic (exact) mass is 888 g/mol. The van der Waals surface area contributed by atoms with Crippen molar-refractivity contribution in [1.29, 1.82) is 15.8 Å². The quantitative estimate of drug-likeness (QED) is 0.0340. The SMILES string of the molecule is N#C/C(=C/c1ccc(N(c2ccc(/C=C/c3ccc(/C=C(\C#N)c4ccc([N+](=O)[O-])cc4)cc3)cc2)c2ccc(/C=C/c3ccc(/C=C(\C#N)c4ccc([N+](=O)[O-])cc4)cc3)cc2)cc1)C(=O)O. The second-order valence-corrected chi connectivity index (χ2v) is 15.0. The van der Waals surface area contributed by atoms with Gasteiger partial charge in [0.1, 0.15) is 11.6 Å². The molecule has 12 heteroatoms. The molecule has 0 atom stereocenters. The van der Waals surface area contributed by atoms with Crippen LogP contribution in [0.3, 0.4) is 0 Å². The number of anilines is 3. The van der Waals surface area contributed by atoms with Crippen LogP contribution in [0.25, 0.3) is 53.7 Å². The van der Waals surface area contributed by atoms with E-state index in [1.165, 1.54) is 30.3 Å². The Morgan fingerprint density at radius 3 is 0.985 bits per heavy atom. The van der Waals surface area contributed by atoms with E-state index in [0.717, 1.165) is 50.4 Å². The van der Waals surface area contributed by atoms with Gasteiger partial charge >= 0.3 is 5.97 Å². The summed E-state index contributed by atoms with van der Waals surface area (Å²) in [6, 6.07) is 56.3. The zero-order chi connectivity index (χ0) is 48.0. The molecule has 0 fully saturated rings. The molecule has 0 heterocycles. The first kappa shape index (κ1) is 45.8. The standard InChI is InChI=1S/C56H36N6O6/c57-36-48(46-19-29-54(30-20-46)61(65)66)33-43-9-5-39(6-10-43)1-3-41-13-23-51(24-14-41)60(53-27-17-45(18-28-53)35-50(38-59)56(63)64)52-25-15-42(16-26-52)4-2-40-7-11-44(12-8-40)34-49(37-58)47-21-31-55(32-22-47)62(67)68/h1-35H,(H,63,64)/b3-1+,4-2+,48-33+,49-34+,50-35-. The maximum absolute atomic E-state index is 11.5. The molecule has 7 aromatic carbocycles. The van der Waals surface area contributed by atoms with E-state index >= 15 is 0 Å². The summed E-state index contributed by atoms with van der Waals surface area (Å²) in [4.78, 5) is 34.6. The van der Waals surface area contributed by atoms with Crippen LogP contribution < -0.4 is 4.90 Å². The van der Waals surface area contributed by atoms with E-state index < -0.39 is 15.8 Å². The number of allylic oxidation sites excluding steroid dienone is 2. The first-order valence-electron chi connectivity index (χ1n) is 20.7. The van der Waals surface area contributed by atoms with E-state index in [9.17, 15) is 45.9 Å². The summed E-state index contributed by atoms with van der Waals surface area (Å²) in [5, 5.41) is 60.2. The molecule has 0 radical (unpaired) electrons. The molecular weight excluding hydrogens is 853 g/mol. The summed E-state index contributed by atoms with van der Waals surface area (Å²) in [6.45, 7) is 0. The fourth-order valence-electron chi connectivity index (χ4n) is 6.95. The van der Waals surface area contributed by atoms with Gasteiger partial charge in [0.15, 0.2) is 0 Å². The molecule has 0 aliphatic heterocycles. The highest BCUT2D eigenvalue weighted by Crippen LogP contribution is 2.36. The predicted octanol–water partition coefficient (Wildman–Crippen LogP) is 13.4. The van der Waals surface area contributed by atoms with E-state index in [-0.39, 0.29) is 16.9 Å². The van der Waals surface area contributed by atoms with Crippen LogP contribution in [0.15, 0.2) is 175 Å². The molecular formula is C56H36N6O6. The van der Waals surface area contributed by atoms with Gasteiger partial charge < -0.3 is 10.0 Å². The van der Waals surface area contributed by atoms with Gasteiger partial charge in [0, 0.05) is 41.3 Å². The summed E-state index contributed by atoms with van der Waals surface area (Å²) in [7, 11) is 0. The van der Waals surface area contributed by atoms with Gasteiger partial charge in [0.25, 0.3) is 11.4 Å². The number of nitro benzene ring substituents is 2. The summed E-state index contributed by atoms with van der Waals surface area (Å²) in [5.74, 6) is -1.30. The molecule has 0 amide bonds. The number of nitrogens with zero attached hydrogens (tertiary/aromatic N) is 6. The molecule has 7 aromatic rings. The Kier molecular flexibility index (Phi) is 14.4. The highest BCUT2D eigenvalue weighted by molar-refractivity contribution is 5.96. The smallest absolute Gasteiger partial charge is 0.346 e. The van der Waals surface area contributed by atoms with Gasteiger partial charge in [0.05, 0.1) is 33.1 Å². The van der Waals surface area contributed by atoms with Gasteiger partial charge in [-0.3, -0.25) is 20.2 Å². The van der Waals surface area contributed by atoms with Crippen LogP contribution in [-0.2, 0) is 4.79 Å². The molecule has 0 aliphatic carbocycles. The Morgan fingerprint density at radius 2 is 0.706 bits per heavy atom. The Labute approximate surface area is 391 Å². The Morgan fingerprint density at radius 1 is 0.426 bits per heavy atom. The number of hydrogen-bond donors (Lipinski definition) is 1. The van der Waals surface area contributed by atoms with Crippen LogP contribution in [-0.4, -0.2) is 20.9 Å². The fraction of sp³-hybridized carbons (Fsp3) is 0. The topological polar surface area (TPSA) is 198 Å². The van der Waals surface area contributed by atoms with E-state index in [1.807, 2.05) is 133 Å². The van der Waals surface area contributed by atoms with Gasteiger partial charge in [0.2, 0.25) is 0 Å². The highest BCUT2D eigenvalue weighted by Gasteiger charge is 2.14. The van der Waals surface area contributed by atoms with Crippen LogP contribution in [0, 0.1) is 54.2 Å². The largest absolute Gasteiger partial charge is 0.477 e. The molecule has 0 saturated carbocycles. The maximum Gasteiger partial charge on any atom is 0.346 e. The number of carbonyl (C=O) groups is 1. The zero-order valence-corrected chi connectivity index (χ0v) is 35.9. The molecule has 0 aromatic heterocycles. The van der Waals surface area contributed by atoms with Crippen molar-refractivity contribution in [3.63, 3.8) is 0 Å². The van der Waals surface area contributed by atoms with Gasteiger partial charge in [-0.05, 0) is 129 Å². The molecule has 0 saturated heterocycles. The highest BCUT2D eigenvalue weighted by atomic mass is 16.6. The summed E-state index contributed by atoms with van der Waals surface area (Å²) >= 11 is 0. The number of hydrogen-bond acceptors (Lipinski definition) is 9. The second kappa shape index (κ2) is 21.4. The van der Waals surface area contributed by atoms with Crippen LogP contribution in [0.4, 0.5) is 28.4 Å². The lowest BCUT2D eigenvalue weighted by molar-refractivity contribution is -0.385. The first-order valence-corrected chi connectivity index (χ1v) is 20.7. The third-order valence-electron chi connectivity index (χ3n) is 10.6. The average Bonchev–Trinajstić information content (AvgIpc) is 3.37. The van der Waals surface area contributed by atoms with E-state index in [4.69, 9.17) is 0 Å². The third kappa shape index (κ3) is 11.7. The second-order valence-electron chi connectivity index (χ2n) is 15.0. The van der Waals surface area contributed by atoms with Crippen LogP contribution in [0.1, 0.15) is 50.1 Å². The van der Waals surface area contributed by atoms with Crippen molar-refractivity contribution in [2.24, 2.45) is 0 Å². The molecule has 0 unspecified atom stereocenters. The maximum atomic E-state index is 11.5. The molecule has 68 heavy (non-hydrogen) atoms. The minimum absolute atomic E-state index is 0.0458. The summed E-state index contributed by atoms with van der Waals surface area (Å²) in [6.07, 6.45) is 12.7. The lowest BCUT2D eigenvalue weighted by Crippen LogP contribution is -2.09. The van der Waals surface area contributed by atoms with Gasteiger partial charge in [-0.15, -0.1) is 0 Å². The number of rotatable bonds is 15. The number of non-ortho nitro benzene ring substituents is 2. The molecule has 12 nitrogen and oxygen atoms in total. The van der Waals surface area contributed by atoms with Crippen LogP contribution in [0.2, 0.25) is 0 Å². The number of carboxylic acid groups (broad SMARTS) is 1. The normalized spacial score (nSPS) is 11.7. The predicted molar refractivity (Wildman–Crippen MR) is 266 cm³/mol. The fourth-order valence-corrected chi connectivity index (χ4v) is 6.95. The molecule has 0 aliphatic rings. The molecule has 7 rings (SSSR count). The zero-order valence-electron chi connectivity index (χ0n) is 35.9. The first-order chi connectivity index (χ1) is 33.0. The minimum Gasteiger partial charge on any atom is -0.477 e. The Bertz CT molecular complexity index is 3100. The minimum atomic E-state index is -1.30. The van der Waals surface area contributed by atoms with E-state index in [2.05, 4.69) is 17.0 Å². The average molecular weight is 889 g/mol. The number of carboxylic acids is 1.